The summed E-state index contributed by atoms with van der Waals surface area (Å²) in [6.45, 7) is 5.42. The first kappa shape index (κ1) is 16.0. The Labute approximate surface area is 147 Å². The fourth-order valence-electron chi connectivity index (χ4n) is 3.10. The standard InChI is InChI=1S/C20H21N3O2/c1-13-8-20(15-10-21-14(2)22-11-15)23-19-6-5-16(9-18(13)19)25-12-17-4-3-7-24-17/h5-6,8-11,17H,3-4,7,12H2,1-2H3. The molecule has 0 aliphatic carbocycles. The summed E-state index contributed by atoms with van der Waals surface area (Å²) in [5.41, 5.74) is 3.91. The van der Waals surface area contributed by atoms with E-state index in [1.165, 1.54) is 0 Å². The summed E-state index contributed by atoms with van der Waals surface area (Å²) in [7, 11) is 0. The highest BCUT2D eigenvalue weighted by molar-refractivity contribution is 5.86. The van der Waals surface area contributed by atoms with Crippen molar-refractivity contribution in [2.45, 2.75) is 32.8 Å². The zero-order valence-corrected chi connectivity index (χ0v) is 14.5. The van der Waals surface area contributed by atoms with Gasteiger partial charge in [-0.2, -0.15) is 0 Å². The molecule has 0 N–H and O–H groups in total. The molecule has 25 heavy (non-hydrogen) atoms. The molecule has 2 aromatic heterocycles. The van der Waals surface area contributed by atoms with Crippen molar-refractivity contribution >= 4 is 10.9 Å². The van der Waals surface area contributed by atoms with Gasteiger partial charge in [-0.3, -0.25) is 0 Å². The molecule has 5 nitrogen and oxygen atoms in total. The number of rotatable bonds is 4. The minimum absolute atomic E-state index is 0.221. The van der Waals surface area contributed by atoms with E-state index in [2.05, 4.69) is 29.0 Å². The van der Waals surface area contributed by atoms with Crippen LogP contribution in [0.4, 0.5) is 0 Å². The quantitative estimate of drug-likeness (QED) is 0.724. The second kappa shape index (κ2) is 6.76. The Bertz CT molecular complexity index is 887. The average Bonchev–Trinajstić information content (AvgIpc) is 3.14. The first-order chi connectivity index (χ1) is 12.2. The van der Waals surface area contributed by atoms with Gasteiger partial charge in [-0.15, -0.1) is 0 Å². The monoisotopic (exact) mass is 335 g/mol. The van der Waals surface area contributed by atoms with Gasteiger partial charge in [0.25, 0.3) is 0 Å². The summed E-state index contributed by atoms with van der Waals surface area (Å²) in [4.78, 5) is 13.3. The molecule has 0 bridgehead atoms. The third-order valence-electron chi connectivity index (χ3n) is 4.52. The van der Waals surface area contributed by atoms with Gasteiger partial charge in [0.2, 0.25) is 0 Å². The first-order valence-electron chi connectivity index (χ1n) is 8.64. The molecule has 1 saturated heterocycles. The zero-order chi connectivity index (χ0) is 17.2. The van der Waals surface area contributed by atoms with Crippen LogP contribution in [-0.2, 0) is 4.74 Å². The number of benzene rings is 1. The second-order valence-electron chi connectivity index (χ2n) is 6.47. The smallest absolute Gasteiger partial charge is 0.125 e. The van der Waals surface area contributed by atoms with E-state index >= 15 is 0 Å². The van der Waals surface area contributed by atoms with E-state index in [9.17, 15) is 0 Å². The van der Waals surface area contributed by atoms with E-state index in [1.54, 1.807) is 0 Å². The third-order valence-corrected chi connectivity index (χ3v) is 4.52. The molecule has 1 unspecified atom stereocenters. The minimum atomic E-state index is 0.221. The Balaban J connectivity index is 1.61. The number of pyridine rings is 1. The number of aromatic nitrogens is 3. The Morgan fingerprint density at radius 1 is 1.16 bits per heavy atom. The maximum atomic E-state index is 5.91. The van der Waals surface area contributed by atoms with Gasteiger partial charge in [0.1, 0.15) is 18.2 Å². The van der Waals surface area contributed by atoms with Crippen molar-refractivity contribution in [1.82, 2.24) is 15.0 Å². The van der Waals surface area contributed by atoms with Crippen LogP contribution < -0.4 is 4.74 Å². The topological polar surface area (TPSA) is 57.1 Å². The van der Waals surface area contributed by atoms with E-state index in [1.807, 2.05) is 31.5 Å². The summed E-state index contributed by atoms with van der Waals surface area (Å²) in [5.74, 6) is 1.62. The highest BCUT2D eigenvalue weighted by Crippen LogP contribution is 2.27. The molecule has 0 radical (unpaired) electrons. The molecule has 1 aliphatic heterocycles. The molecule has 128 valence electrons. The molecule has 5 heteroatoms. The van der Waals surface area contributed by atoms with Crippen LogP contribution >= 0.6 is 0 Å². The van der Waals surface area contributed by atoms with Gasteiger partial charge < -0.3 is 9.47 Å². The van der Waals surface area contributed by atoms with E-state index < -0.39 is 0 Å². The third kappa shape index (κ3) is 3.46. The lowest BCUT2D eigenvalue weighted by Gasteiger charge is -2.13. The first-order valence-corrected chi connectivity index (χ1v) is 8.64. The van der Waals surface area contributed by atoms with Gasteiger partial charge in [0.05, 0.1) is 17.3 Å². The molecule has 4 rings (SSSR count). The van der Waals surface area contributed by atoms with Crippen LogP contribution in [0.15, 0.2) is 36.7 Å². The van der Waals surface area contributed by atoms with Crippen LogP contribution in [0.1, 0.15) is 24.2 Å². The molecule has 1 atom stereocenters. The van der Waals surface area contributed by atoms with Crippen LogP contribution in [0.25, 0.3) is 22.2 Å². The summed E-state index contributed by atoms with van der Waals surface area (Å²) >= 11 is 0. The summed E-state index contributed by atoms with van der Waals surface area (Å²) in [6.07, 6.45) is 6.05. The van der Waals surface area contributed by atoms with Crippen LogP contribution in [0.5, 0.6) is 5.75 Å². The van der Waals surface area contributed by atoms with Crippen molar-refractivity contribution in [2.24, 2.45) is 0 Å². The predicted molar refractivity (Wildman–Crippen MR) is 96.7 cm³/mol. The molecule has 0 saturated carbocycles. The number of hydrogen-bond donors (Lipinski definition) is 0. The molecule has 1 fully saturated rings. The number of aryl methyl sites for hydroxylation is 2. The van der Waals surface area contributed by atoms with Crippen LogP contribution in [0.2, 0.25) is 0 Å². The Kier molecular flexibility index (Phi) is 4.32. The molecule has 3 heterocycles. The summed E-state index contributed by atoms with van der Waals surface area (Å²) in [5, 5.41) is 1.10. The molecule has 3 aromatic rings. The largest absolute Gasteiger partial charge is 0.491 e. The van der Waals surface area contributed by atoms with E-state index in [0.717, 1.165) is 58.7 Å². The lowest BCUT2D eigenvalue weighted by atomic mass is 10.1. The van der Waals surface area contributed by atoms with E-state index in [-0.39, 0.29) is 6.10 Å². The summed E-state index contributed by atoms with van der Waals surface area (Å²) < 4.78 is 11.5. The zero-order valence-electron chi connectivity index (χ0n) is 14.5. The van der Waals surface area contributed by atoms with Crippen molar-refractivity contribution in [3.63, 3.8) is 0 Å². The summed E-state index contributed by atoms with van der Waals surface area (Å²) in [6, 6.07) is 8.10. The van der Waals surface area contributed by atoms with Crippen molar-refractivity contribution in [3.8, 4) is 17.0 Å². The average molecular weight is 335 g/mol. The normalized spacial score (nSPS) is 17.1. The van der Waals surface area contributed by atoms with E-state index in [4.69, 9.17) is 14.5 Å². The highest BCUT2D eigenvalue weighted by atomic mass is 16.5. The Hall–Kier alpha value is -2.53. The lowest BCUT2D eigenvalue weighted by Crippen LogP contribution is -2.16. The van der Waals surface area contributed by atoms with Gasteiger partial charge in [0.15, 0.2) is 0 Å². The van der Waals surface area contributed by atoms with Crippen LogP contribution in [-0.4, -0.2) is 34.3 Å². The van der Waals surface area contributed by atoms with E-state index in [0.29, 0.717) is 6.61 Å². The maximum Gasteiger partial charge on any atom is 0.125 e. The van der Waals surface area contributed by atoms with Crippen molar-refractivity contribution in [1.29, 1.82) is 0 Å². The number of fused-ring (bicyclic) bond motifs is 1. The van der Waals surface area contributed by atoms with Gasteiger partial charge in [-0.05, 0) is 56.5 Å². The molecule has 1 aliphatic rings. The minimum Gasteiger partial charge on any atom is -0.491 e. The van der Waals surface area contributed by atoms with Crippen molar-refractivity contribution in [3.05, 3.63) is 48.0 Å². The molecule has 0 spiro atoms. The van der Waals surface area contributed by atoms with Crippen molar-refractivity contribution < 1.29 is 9.47 Å². The maximum absolute atomic E-state index is 5.91. The SMILES string of the molecule is Cc1ncc(-c2cc(C)c3cc(OCC4CCCO4)ccc3n2)cn1. The molecular weight excluding hydrogens is 314 g/mol. The van der Waals surface area contributed by atoms with Gasteiger partial charge in [-0.25, -0.2) is 15.0 Å². The van der Waals surface area contributed by atoms with Gasteiger partial charge in [0, 0.05) is 30.0 Å². The molecule has 0 amide bonds. The number of hydrogen-bond acceptors (Lipinski definition) is 5. The highest BCUT2D eigenvalue weighted by Gasteiger charge is 2.16. The fourth-order valence-corrected chi connectivity index (χ4v) is 3.10. The number of nitrogens with zero attached hydrogens (tertiary/aromatic N) is 3. The fraction of sp³-hybridized carbons (Fsp3) is 0.350. The van der Waals surface area contributed by atoms with Crippen LogP contribution in [0, 0.1) is 13.8 Å². The molecule has 1 aromatic carbocycles. The van der Waals surface area contributed by atoms with Gasteiger partial charge in [-0.1, -0.05) is 0 Å². The number of ether oxygens (including phenoxy) is 2. The van der Waals surface area contributed by atoms with Crippen LogP contribution in [0.3, 0.4) is 0 Å². The van der Waals surface area contributed by atoms with Gasteiger partial charge >= 0.3 is 0 Å². The molecular formula is C20H21N3O2. The lowest BCUT2D eigenvalue weighted by molar-refractivity contribution is 0.0680. The predicted octanol–water partition coefficient (Wildman–Crippen LogP) is 3.87. The second-order valence-corrected chi connectivity index (χ2v) is 6.47. The Morgan fingerprint density at radius 3 is 2.76 bits per heavy atom. The Morgan fingerprint density at radius 2 is 2.00 bits per heavy atom. The van der Waals surface area contributed by atoms with Crippen molar-refractivity contribution in [2.75, 3.05) is 13.2 Å².